The average molecular weight is 300 g/mol. The smallest absolute Gasteiger partial charge is 0.241 e. The van der Waals surface area contributed by atoms with Crippen molar-refractivity contribution in [2.75, 3.05) is 38.0 Å². The summed E-state index contributed by atoms with van der Waals surface area (Å²) in [7, 11) is 5.43. The molecule has 5 nitrogen and oxygen atoms in total. The lowest BCUT2D eigenvalue weighted by Gasteiger charge is -2.19. The highest BCUT2D eigenvalue weighted by molar-refractivity contribution is 6.31. The lowest BCUT2D eigenvalue weighted by atomic mass is 10.1. The Labute approximate surface area is 125 Å². The van der Waals surface area contributed by atoms with Crippen molar-refractivity contribution in [3.05, 3.63) is 23.2 Å². The lowest BCUT2D eigenvalue weighted by Crippen LogP contribution is -2.36. The molecular weight excluding hydrogens is 278 g/mol. The zero-order valence-electron chi connectivity index (χ0n) is 12.1. The Bertz CT molecular complexity index is 452. The number of rotatable bonds is 7. The number of anilines is 2. The monoisotopic (exact) mass is 299 g/mol. The van der Waals surface area contributed by atoms with Gasteiger partial charge in [0.05, 0.1) is 17.4 Å². The van der Waals surface area contributed by atoms with Crippen molar-refractivity contribution >= 4 is 28.9 Å². The third-order valence-corrected chi connectivity index (χ3v) is 3.13. The Balaban J connectivity index is 2.71. The zero-order chi connectivity index (χ0) is 15.1. The Morgan fingerprint density at radius 2 is 2.20 bits per heavy atom. The number of hydrogen-bond donors (Lipinski definition) is 2. The molecule has 0 radical (unpaired) electrons. The summed E-state index contributed by atoms with van der Waals surface area (Å²) in [5.74, 6) is -0.216. The molecule has 0 aliphatic heterocycles. The van der Waals surface area contributed by atoms with E-state index in [1.165, 1.54) is 0 Å². The van der Waals surface area contributed by atoms with Gasteiger partial charge < -0.3 is 20.7 Å². The number of carbonyl (C=O) groups is 1. The SMILES string of the molecule is COCCCC(N)C(=O)Nc1cc(Cl)ccc1N(C)C. The number of halogens is 1. The highest BCUT2D eigenvalue weighted by Gasteiger charge is 2.15. The van der Waals surface area contributed by atoms with Gasteiger partial charge in [-0.05, 0) is 31.0 Å². The third kappa shape index (κ3) is 5.00. The van der Waals surface area contributed by atoms with Gasteiger partial charge in [0.1, 0.15) is 0 Å². The molecule has 0 saturated heterocycles. The van der Waals surface area contributed by atoms with Crippen LogP contribution in [-0.4, -0.2) is 39.8 Å². The molecule has 0 heterocycles. The second kappa shape index (κ2) is 8.09. The molecule has 0 aliphatic carbocycles. The van der Waals surface area contributed by atoms with Crippen molar-refractivity contribution in [3.8, 4) is 0 Å². The molecule has 0 bridgehead atoms. The van der Waals surface area contributed by atoms with E-state index in [0.717, 1.165) is 12.1 Å². The van der Waals surface area contributed by atoms with Crippen molar-refractivity contribution < 1.29 is 9.53 Å². The van der Waals surface area contributed by atoms with E-state index in [9.17, 15) is 4.79 Å². The molecule has 0 saturated carbocycles. The molecule has 6 heteroatoms. The van der Waals surface area contributed by atoms with Crippen molar-refractivity contribution in [2.24, 2.45) is 5.73 Å². The van der Waals surface area contributed by atoms with Crippen molar-refractivity contribution in [1.82, 2.24) is 0 Å². The van der Waals surface area contributed by atoms with E-state index >= 15 is 0 Å². The van der Waals surface area contributed by atoms with Crippen LogP contribution in [-0.2, 0) is 9.53 Å². The van der Waals surface area contributed by atoms with Gasteiger partial charge in [-0.3, -0.25) is 4.79 Å². The zero-order valence-corrected chi connectivity index (χ0v) is 12.9. The van der Waals surface area contributed by atoms with Crippen LogP contribution < -0.4 is 16.0 Å². The van der Waals surface area contributed by atoms with Crippen LogP contribution in [0.15, 0.2) is 18.2 Å². The molecule has 1 amide bonds. The molecule has 1 rings (SSSR count). The summed E-state index contributed by atoms with van der Waals surface area (Å²) in [4.78, 5) is 14.0. The van der Waals surface area contributed by atoms with Crippen LogP contribution in [0.3, 0.4) is 0 Å². The minimum Gasteiger partial charge on any atom is -0.385 e. The maximum absolute atomic E-state index is 12.1. The van der Waals surface area contributed by atoms with Gasteiger partial charge in [0.25, 0.3) is 0 Å². The average Bonchev–Trinajstić information content (AvgIpc) is 2.38. The summed E-state index contributed by atoms with van der Waals surface area (Å²) in [6, 6.07) is 4.80. The highest BCUT2D eigenvalue weighted by atomic mass is 35.5. The fourth-order valence-corrected chi connectivity index (χ4v) is 1.97. The minimum atomic E-state index is -0.556. The Hall–Kier alpha value is -1.30. The largest absolute Gasteiger partial charge is 0.385 e. The van der Waals surface area contributed by atoms with E-state index in [4.69, 9.17) is 22.1 Å². The molecule has 1 aromatic carbocycles. The number of amides is 1. The lowest BCUT2D eigenvalue weighted by molar-refractivity contribution is -0.117. The van der Waals surface area contributed by atoms with Crippen LogP contribution in [0, 0.1) is 0 Å². The first kappa shape index (κ1) is 16.8. The predicted octanol–water partition coefficient (Wildman–Crippen LogP) is 2.10. The number of benzene rings is 1. The molecule has 0 spiro atoms. The summed E-state index contributed by atoms with van der Waals surface area (Å²) in [5, 5.41) is 3.40. The number of hydrogen-bond acceptors (Lipinski definition) is 4. The van der Waals surface area contributed by atoms with E-state index in [2.05, 4.69) is 5.32 Å². The number of ether oxygens (including phenoxy) is 1. The maximum atomic E-state index is 12.1. The molecule has 1 unspecified atom stereocenters. The second-order valence-electron chi connectivity index (χ2n) is 4.79. The van der Waals surface area contributed by atoms with Crippen molar-refractivity contribution in [1.29, 1.82) is 0 Å². The number of methoxy groups -OCH3 is 1. The predicted molar refractivity (Wildman–Crippen MR) is 83.5 cm³/mol. The van der Waals surface area contributed by atoms with Crippen LogP contribution >= 0.6 is 11.6 Å². The molecule has 3 N–H and O–H groups in total. The minimum absolute atomic E-state index is 0.216. The third-order valence-electron chi connectivity index (χ3n) is 2.90. The number of nitrogens with one attached hydrogen (secondary N) is 1. The summed E-state index contributed by atoms with van der Waals surface area (Å²) in [6.07, 6.45) is 1.33. The van der Waals surface area contributed by atoms with Crippen molar-refractivity contribution in [2.45, 2.75) is 18.9 Å². The van der Waals surface area contributed by atoms with E-state index in [1.807, 2.05) is 25.1 Å². The van der Waals surface area contributed by atoms with Gasteiger partial charge >= 0.3 is 0 Å². The van der Waals surface area contributed by atoms with Gasteiger partial charge in [-0.15, -0.1) is 0 Å². The van der Waals surface area contributed by atoms with E-state index in [-0.39, 0.29) is 5.91 Å². The van der Waals surface area contributed by atoms with E-state index in [0.29, 0.717) is 23.7 Å². The normalized spacial score (nSPS) is 12.1. The molecule has 112 valence electrons. The Morgan fingerprint density at radius 3 is 2.80 bits per heavy atom. The number of nitrogens with zero attached hydrogens (tertiary/aromatic N) is 1. The number of nitrogens with two attached hydrogens (primary N) is 1. The van der Waals surface area contributed by atoms with Gasteiger partial charge in [-0.25, -0.2) is 0 Å². The summed E-state index contributed by atoms with van der Waals surface area (Å²) in [5.41, 5.74) is 7.40. The molecular formula is C14H22ClN3O2. The van der Waals surface area contributed by atoms with Gasteiger partial charge in [-0.2, -0.15) is 0 Å². The fraction of sp³-hybridized carbons (Fsp3) is 0.500. The Kier molecular flexibility index (Phi) is 6.78. The standard InChI is InChI=1S/C14H22ClN3O2/c1-18(2)13-7-6-10(15)9-12(13)17-14(19)11(16)5-4-8-20-3/h6-7,9,11H,4-5,8,16H2,1-3H3,(H,17,19). The van der Waals surface area contributed by atoms with Gasteiger partial charge in [0.15, 0.2) is 0 Å². The first-order chi connectivity index (χ1) is 9.45. The Morgan fingerprint density at radius 1 is 1.50 bits per heavy atom. The van der Waals surface area contributed by atoms with Gasteiger partial charge in [-0.1, -0.05) is 11.6 Å². The molecule has 0 fully saturated rings. The second-order valence-corrected chi connectivity index (χ2v) is 5.22. The van der Waals surface area contributed by atoms with Crippen LogP contribution in [0.4, 0.5) is 11.4 Å². The maximum Gasteiger partial charge on any atom is 0.241 e. The first-order valence-corrected chi connectivity index (χ1v) is 6.85. The van der Waals surface area contributed by atoms with Gasteiger partial charge in [0.2, 0.25) is 5.91 Å². The molecule has 1 atom stereocenters. The summed E-state index contributed by atoms with van der Waals surface area (Å²) >= 11 is 5.97. The summed E-state index contributed by atoms with van der Waals surface area (Å²) < 4.78 is 4.95. The molecule has 20 heavy (non-hydrogen) atoms. The van der Waals surface area contributed by atoms with Crippen LogP contribution in [0.5, 0.6) is 0 Å². The molecule has 0 aromatic heterocycles. The van der Waals surface area contributed by atoms with E-state index < -0.39 is 6.04 Å². The quantitative estimate of drug-likeness (QED) is 0.757. The highest BCUT2D eigenvalue weighted by Crippen LogP contribution is 2.27. The molecule has 0 aliphatic rings. The van der Waals surface area contributed by atoms with Crippen LogP contribution in [0.1, 0.15) is 12.8 Å². The summed E-state index contributed by atoms with van der Waals surface area (Å²) in [6.45, 7) is 0.598. The fourth-order valence-electron chi connectivity index (χ4n) is 1.80. The van der Waals surface area contributed by atoms with Gasteiger partial charge in [0, 0.05) is 32.8 Å². The van der Waals surface area contributed by atoms with Crippen LogP contribution in [0.25, 0.3) is 0 Å². The van der Waals surface area contributed by atoms with E-state index in [1.54, 1.807) is 19.2 Å². The van der Waals surface area contributed by atoms with Crippen molar-refractivity contribution in [3.63, 3.8) is 0 Å². The molecule has 1 aromatic rings. The number of carbonyl (C=O) groups excluding carboxylic acids is 1. The topological polar surface area (TPSA) is 67.6 Å². The van der Waals surface area contributed by atoms with Crippen LogP contribution in [0.2, 0.25) is 5.02 Å². The first-order valence-electron chi connectivity index (χ1n) is 6.48.